The Balaban J connectivity index is 4.35. The number of allylic oxidation sites excluding steroid dienone is 16. The van der Waals surface area contributed by atoms with Gasteiger partial charge in [0.15, 0.2) is 6.10 Å². The van der Waals surface area contributed by atoms with Crippen LogP contribution >= 0.6 is 7.82 Å². The Morgan fingerprint density at radius 1 is 0.478 bits per heavy atom. The molecule has 2 atom stereocenters. The number of likely N-dealkylation sites (N-methyl/N-ethyl adjacent to an activating group) is 1. The standard InChI is InChI=1S/C57H98NO8P/c1-6-8-10-12-14-16-18-20-22-24-25-26-27-28-29-30-31-32-33-34-36-38-40-42-44-46-48-50-57(60)66-55(54-65-67(61,62)64-52-51-58(3,4)5)53-63-56(59)49-47-45-43-41-39-37-35-23-21-19-17-15-13-11-9-7-2/h8,10,14,16,20,22,25-26,28-29,31-32,34,36,40,42,55H,6-7,9,11-13,15,17-19,21,23-24,27,30,33,35,37-39,41,43-54H2,1-5H3/p+1/b10-8-,16-14-,22-20-,26-25-,29-28-,32-31-,36-34-,42-40-. The molecule has 0 spiro atoms. The molecular formula is C57H99NO8P+. The molecule has 2 unspecified atom stereocenters. The maximum absolute atomic E-state index is 12.8. The van der Waals surface area contributed by atoms with Crippen molar-refractivity contribution in [1.29, 1.82) is 0 Å². The van der Waals surface area contributed by atoms with Gasteiger partial charge in [0.25, 0.3) is 0 Å². The number of carbonyl (C=O) groups excluding carboxylic acids is 2. The van der Waals surface area contributed by atoms with E-state index in [-0.39, 0.29) is 32.0 Å². The monoisotopic (exact) mass is 957 g/mol. The lowest BCUT2D eigenvalue weighted by Gasteiger charge is -2.24. The molecule has 0 rings (SSSR count). The Morgan fingerprint density at radius 2 is 0.851 bits per heavy atom. The number of ether oxygens (including phenoxy) is 2. The predicted molar refractivity (Wildman–Crippen MR) is 284 cm³/mol. The second kappa shape index (κ2) is 48.0. The van der Waals surface area contributed by atoms with Crippen molar-refractivity contribution in [2.24, 2.45) is 0 Å². The quantitative estimate of drug-likeness (QED) is 0.0211. The first kappa shape index (κ1) is 63.9. The molecule has 10 heteroatoms. The lowest BCUT2D eigenvalue weighted by Crippen LogP contribution is -2.37. The Bertz CT molecular complexity index is 1450. The van der Waals surface area contributed by atoms with Gasteiger partial charge in [0, 0.05) is 12.8 Å². The smallest absolute Gasteiger partial charge is 0.462 e. The molecule has 67 heavy (non-hydrogen) atoms. The molecule has 0 saturated heterocycles. The molecule has 0 aromatic rings. The minimum atomic E-state index is -4.40. The van der Waals surface area contributed by atoms with E-state index >= 15 is 0 Å². The number of esters is 2. The van der Waals surface area contributed by atoms with E-state index in [1.807, 2.05) is 21.1 Å². The molecule has 0 aromatic carbocycles. The van der Waals surface area contributed by atoms with Crippen LogP contribution < -0.4 is 0 Å². The van der Waals surface area contributed by atoms with Gasteiger partial charge in [-0.15, -0.1) is 0 Å². The molecule has 0 aliphatic heterocycles. The first-order chi connectivity index (χ1) is 32.5. The summed E-state index contributed by atoms with van der Waals surface area (Å²) < 4.78 is 34.4. The summed E-state index contributed by atoms with van der Waals surface area (Å²) in [6.45, 7) is 4.26. The zero-order chi connectivity index (χ0) is 49.2. The second-order valence-electron chi connectivity index (χ2n) is 18.5. The summed E-state index contributed by atoms with van der Waals surface area (Å²) in [7, 11) is 1.44. The molecule has 0 fully saturated rings. The molecule has 0 radical (unpaired) electrons. The summed E-state index contributed by atoms with van der Waals surface area (Å²) in [5, 5.41) is 0. The maximum atomic E-state index is 12.8. The zero-order valence-electron chi connectivity index (χ0n) is 43.3. The number of hydrogen-bond donors (Lipinski definition) is 1. The third kappa shape index (κ3) is 52.2. The normalized spacial score (nSPS) is 14.2. The summed E-state index contributed by atoms with van der Waals surface area (Å²) >= 11 is 0. The number of phosphoric ester groups is 1. The van der Waals surface area contributed by atoms with Gasteiger partial charge in [-0.1, -0.05) is 207 Å². The molecule has 1 N–H and O–H groups in total. The van der Waals surface area contributed by atoms with E-state index in [0.717, 1.165) is 83.5 Å². The van der Waals surface area contributed by atoms with Crippen LogP contribution in [0.4, 0.5) is 0 Å². The SMILES string of the molecule is CC/C=C\C/C=C\C/C=C\C/C=C\C/C=C\C/C=C\C/C=C\C/C=C\CCCCC(=O)OC(COC(=O)CCCCCCCCCCCCCCCCCC)COP(=O)(O)OCC[N+](C)(C)C. The van der Waals surface area contributed by atoms with Crippen molar-refractivity contribution >= 4 is 19.8 Å². The summed E-state index contributed by atoms with van der Waals surface area (Å²) in [4.78, 5) is 35.6. The van der Waals surface area contributed by atoms with E-state index in [2.05, 4.69) is 111 Å². The first-order valence-corrected chi connectivity index (χ1v) is 28.0. The maximum Gasteiger partial charge on any atom is 0.472 e. The Morgan fingerprint density at radius 3 is 1.27 bits per heavy atom. The van der Waals surface area contributed by atoms with E-state index in [1.165, 1.54) is 83.5 Å². The molecule has 0 heterocycles. The number of rotatable bonds is 47. The van der Waals surface area contributed by atoms with Crippen LogP contribution in [0.25, 0.3) is 0 Å². The van der Waals surface area contributed by atoms with E-state index in [1.54, 1.807) is 0 Å². The molecular weight excluding hydrogens is 858 g/mol. The average molecular weight is 957 g/mol. The van der Waals surface area contributed by atoms with E-state index in [0.29, 0.717) is 17.4 Å². The molecule has 0 bridgehead atoms. The van der Waals surface area contributed by atoms with E-state index in [9.17, 15) is 19.0 Å². The molecule has 9 nitrogen and oxygen atoms in total. The van der Waals surface area contributed by atoms with Crippen LogP contribution in [-0.4, -0.2) is 74.9 Å². The highest BCUT2D eigenvalue weighted by Crippen LogP contribution is 2.43. The van der Waals surface area contributed by atoms with Crippen molar-refractivity contribution in [2.45, 2.75) is 206 Å². The van der Waals surface area contributed by atoms with Crippen molar-refractivity contribution in [1.82, 2.24) is 0 Å². The van der Waals surface area contributed by atoms with Crippen LogP contribution in [0.5, 0.6) is 0 Å². The van der Waals surface area contributed by atoms with Crippen molar-refractivity contribution in [2.75, 3.05) is 47.5 Å². The molecule has 0 aliphatic carbocycles. The summed E-state index contributed by atoms with van der Waals surface area (Å²) in [5.74, 6) is -0.851. The summed E-state index contributed by atoms with van der Waals surface area (Å²) in [6, 6.07) is 0. The van der Waals surface area contributed by atoms with Gasteiger partial charge in [-0.25, -0.2) is 4.57 Å². The molecule has 0 aromatic heterocycles. The van der Waals surface area contributed by atoms with Gasteiger partial charge in [-0.3, -0.25) is 18.6 Å². The minimum absolute atomic E-state index is 0.0189. The Labute approximate surface area is 411 Å². The summed E-state index contributed by atoms with van der Waals surface area (Å²) in [5.41, 5.74) is 0. The highest BCUT2D eigenvalue weighted by molar-refractivity contribution is 7.47. The summed E-state index contributed by atoms with van der Waals surface area (Å²) in [6.07, 6.45) is 64.7. The van der Waals surface area contributed by atoms with E-state index < -0.39 is 26.5 Å². The lowest BCUT2D eigenvalue weighted by molar-refractivity contribution is -0.870. The highest BCUT2D eigenvalue weighted by atomic mass is 31.2. The zero-order valence-corrected chi connectivity index (χ0v) is 44.2. The van der Waals surface area contributed by atoms with Crippen LogP contribution in [0.3, 0.4) is 0 Å². The van der Waals surface area contributed by atoms with Crippen molar-refractivity contribution < 1.29 is 42.1 Å². The van der Waals surface area contributed by atoms with Gasteiger partial charge in [0.05, 0.1) is 27.7 Å². The lowest BCUT2D eigenvalue weighted by atomic mass is 10.0. The fraction of sp³-hybridized carbons (Fsp3) is 0.684. The van der Waals surface area contributed by atoms with Crippen molar-refractivity contribution in [3.8, 4) is 0 Å². The van der Waals surface area contributed by atoms with Gasteiger partial charge in [0.2, 0.25) is 0 Å². The van der Waals surface area contributed by atoms with Crippen LogP contribution in [-0.2, 0) is 32.7 Å². The fourth-order valence-corrected chi connectivity index (χ4v) is 7.54. The minimum Gasteiger partial charge on any atom is -0.462 e. The molecule has 0 saturated carbocycles. The van der Waals surface area contributed by atoms with E-state index in [4.69, 9.17) is 18.5 Å². The van der Waals surface area contributed by atoms with Gasteiger partial charge in [-0.05, 0) is 77.0 Å². The first-order valence-electron chi connectivity index (χ1n) is 26.5. The van der Waals surface area contributed by atoms with Crippen LogP contribution in [0.1, 0.15) is 200 Å². The Hall–Kier alpha value is -3.07. The molecule has 384 valence electrons. The van der Waals surface area contributed by atoms with Crippen LogP contribution in [0.15, 0.2) is 97.2 Å². The van der Waals surface area contributed by atoms with Gasteiger partial charge >= 0.3 is 19.8 Å². The van der Waals surface area contributed by atoms with Crippen molar-refractivity contribution in [3.05, 3.63) is 97.2 Å². The number of phosphoric acid groups is 1. The number of quaternary nitrogens is 1. The van der Waals surface area contributed by atoms with Gasteiger partial charge < -0.3 is 18.9 Å². The number of nitrogens with zero attached hydrogens (tertiary/aromatic N) is 1. The van der Waals surface area contributed by atoms with Crippen molar-refractivity contribution in [3.63, 3.8) is 0 Å². The Kier molecular flexibility index (Phi) is 45.8. The average Bonchev–Trinajstić information content (AvgIpc) is 3.29. The third-order valence-electron chi connectivity index (χ3n) is 10.9. The van der Waals surface area contributed by atoms with Gasteiger partial charge in [0.1, 0.15) is 19.8 Å². The largest absolute Gasteiger partial charge is 0.472 e. The fourth-order valence-electron chi connectivity index (χ4n) is 6.79. The topological polar surface area (TPSA) is 108 Å². The number of carbonyl (C=O) groups is 2. The number of unbranched alkanes of at least 4 members (excludes halogenated alkanes) is 17. The molecule has 0 amide bonds. The van der Waals surface area contributed by atoms with Crippen LogP contribution in [0.2, 0.25) is 0 Å². The van der Waals surface area contributed by atoms with Gasteiger partial charge in [-0.2, -0.15) is 0 Å². The highest BCUT2D eigenvalue weighted by Gasteiger charge is 2.27. The predicted octanol–water partition coefficient (Wildman–Crippen LogP) is 16.1. The van der Waals surface area contributed by atoms with Crippen LogP contribution in [0, 0.1) is 0 Å². The number of hydrogen-bond acceptors (Lipinski definition) is 7. The molecule has 0 aliphatic rings. The second-order valence-corrected chi connectivity index (χ2v) is 20.0. The third-order valence-corrected chi connectivity index (χ3v) is 11.9.